The van der Waals surface area contributed by atoms with Crippen LogP contribution in [0.15, 0.2) is 61.3 Å². The van der Waals surface area contributed by atoms with E-state index >= 15 is 0 Å². The summed E-state index contributed by atoms with van der Waals surface area (Å²) in [4.78, 5) is 16.9. The molecule has 0 saturated carbocycles. The SMILES string of the molecule is Cc1ccccc1CN1CCC(CN(Cc2cccnc2)Cc2cnc[nH]2)CC1. The fourth-order valence-electron chi connectivity index (χ4n) is 4.27. The first-order valence-corrected chi connectivity index (χ1v) is 10.6. The van der Waals surface area contributed by atoms with Gasteiger partial charge in [0, 0.05) is 50.5 Å². The average Bonchev–Trinajstić information content (AvgIpc) is 3.25. The van der Waals surface area contributed by atoms with Crippen LogP contribution in [-0.2, 0) is 19.6 Å². The highest BCUT2D eigenvalue weighted by Crippen LogP contribution is 2.22. The van der Waals surface area contributed by atoms with Gasteiger partial charge in [0.15, 0.2) is 0 Å². The van der Waals surface area contributed by atoms with Crippen LogP contribution >= 0.6 is 0 Å². The lowest BCUT2D eigenvalue weighted by atomic mass is 9.95. The summed E-state index contributed by atoms with van der Waals surface area (Å²) in [5.74, 6) is 0.739. The highest BCUT2D eigenvalue weighted by atomic mass is 15.2. The molecule has 1 fully saturated rings. The van der Waals surface area contributed by atoms with Gasteiger partial charge in [-0.05, 0) is 61.5 Å². The first-order chi connectivity index (χ1) is 14.3. The maximum Gasteiger partial charge on any atom is 0.0922 e. The number of hydrogen-bond donors (Lipinski definition) is 1. The maximum atomic E-state index is 4.28. The third kappa shape index (κ3) is 5.75. The van der Waals surface area contributed by atoms with E-state index in [1.807, 2.05) is 24.7 Å². The van der Waals surface area contributed by atoms with Gasteiger partial charge in [-0.2, -0.15) is 0 Å². The molecule has 4 rings (SSSR count). The Hall–Kier alpha value is -2.50. The van der Waals surface area contributed by atoms with E-state index < -0.39 is 0 Å². The molecular formula is C24H31N5. The number of likely N-dealkylation sites (tertiary alicyclic amines) is 1. The van der Waals surface area contributed by atoms with Gasteiger partial charge >= 0.3 is 0 Å². The number of aryl methyl sites for hydroxylation is 1. The summed E-state index contributed by atoms with van der Waals surface area (Å²) in [5.41, 5.74) is 5.30. The molecule has 3 aromatic rings. The second-order valence-electron chi connectivity index (χ2n) is 8.25. The first kappa shape index (κ1) is 19.8. The van der Waals surface area contributed by atoms with E-state index in [2.05, 4.69) is 62.0 Å². The fraction of sp³-hybridized carbons (Fsp3) is 0.417. The summed E-state index contributed by atoms with van der Waals surface area (Å²) in [7, 11) is 0. The number of aromatic nitrogens is 3. The van der Waals surface area contributed by atoms with Gasteiger partial charge in [-0.3, -0.25) is 14.8 Å². The minimum absolute atomic E-state index is 0.739. The van der Waals surface area contributed by atoms with Crippen molar-refractivity contribution in [3.8, 4) is 0 Å². The number of hydrogen-bond acceptors (Lipinski definition) is 4. The second kappa shape index (κ2) is 9.81. The number of piperidine rings is 1. The summed E-state index contributed by atoms with van der Waals surface area (Å²) in [6.45, 7) is 8.61. The fourth-order valence-corrected chi connectivity index (χ4v) is 4.27. The van der Waals surface area contributed by atoms with Gasteiger partial charge in [-0.25, -0.2) is 4.98 Å². The summed E-state index contributed by atoms with van der Waals surface area (Å²) in [6, 6.07) is 12.9. The van der Waals surface area contributed by atoms with Crippen molar-refractivity contribution < 1.29 is 0 Å². The van der Waals surface area contributed by atoms with E-state index in [9.17, 15) is 0 Å². The van der Waals surface area contributed by atoms with Crippen molar-refractivity contribution in [2.75, 3.05) is 19.6 Å². The molecule has 0 spiro atoms. The molecule has 5 heteroatoms. The van der Waals surface area contributed by atoms with Crippen molar-refractivity contribution in [2.45, 2.75) is 39.4 Å². The molecule has 1 aliphatic heterocycles. The number of aromatic amines is 1. The average molecular weight is 390 g/mol. The number of H-pyrrole nitrogens is 1. The van der Waals surface area contributed by atoms with Crippen molar-refractivity contribution in [1.29, 1.82) is 0 Å². The van der Waals surface area contributed by atoms with Crippen LogP contribution in [0.2, 0.25) is 0 Å². The van der Waals surface area contributed by atoms with Crippen molar-refractivity contribution in [3.63, 3.8) is 0 Å². The first-order valence-electron chi connectivity index (χ1n) is 10.6. The van der Waals surface area contributed by atoms with Crippen LogP contribution in [0.4, 0.5) is 0 Å². The van der Waals surface area contributed by atoms with Crippen molar-refractivity contribution >= 4 is 0 Å². The molecule has 0 unspecified atom stereocenters. The van der Waals surface area contributed by atoms with Crippen LogP contribution in [0.3, 0.4) is 0 Å². The zero-order chi connectivity index (χ0) is 19.9. The molecule has 29 heavy (non-hydrogen) atoms. The smallest absolute Gasteiger partial charge is 0.0922 e. The minimum atomic E-state index is 0.739. The lowest BCUT2D eigenvalue weighted by molar-refractivity contribution is 0.131. The van der Waals surface area contributed by atoms with Gasteiger partial charge < -0.3 is 4.98 Å². The van der Waals surface area contributed by atoms with E-state index in [0.29, 0.717) is 0 Å². The Labute approximate surface area is 173 Å². The lowest BCUT2D eigenvalue weighted by Gasteiger charge is -2.35. The molecule has 1 N–H and O–H groups in total. The molecule has 0 atom stereocenters. The molecule has 5 nitrogen and oxygen atoms in total. The molecule has 152 valence electrons. The standard InChI is InChI=1S/C24H31N5/c1-20-5-2-3-7-23(20)17-28-11-8-21(9-12-28)15-29(18-24-14-26-19-27-24)16-22-6-4-10-25-13-22/h2-7,10,13-14,19,21H,8-9,11-12,15-18H2,1H3,(H,26,27). The topological polar surface area (TPSA) is 48.1 Å². The molecule has 0 radical (unpaired) electrons. The molecule has 0 bridgehead atoms. The number of benzene rings is 1. The molecule has 2 aromatic heterocycles. The van der Waals surface area contributed by atoms with Crippen LogP contribution in [0.1, 0.15) is 35.2 Å². The number of nitrogens with one attached hydrogen (secondary N) is 1. The Balaban J connectivity index is 1.32. The van der Waals surface area contributed by atoms with Gasteiger partial charge in [0.2, 0.25) is 0 Å². The normalized spacial score (nSPS) is 15.8. The summed E-state index contributed by atoms with van der Waals surface area (Å²) in [6.07, 6.45) is 10.0. The predicted molar refractivity (Wildman–Crippen MR) is 116 cm³/mol. The number of rotatable bonds is 8. The molecule has 1 aliphatic rings. The zero-order valence-corrected chi connectivity index (χ0v) is 17.3. The van der Waals surface area contributed by atoms with E-state index in [1.165, 1.54) is 48.3 Å². The Morgan fingerprint density at radius 1 is 1.03 bits per heavy atom. The Kier molecular flexibility index (Phi) is 6.70. The van der Waals surface area contributed by atoms with E-state index in [4.69, 9.17) is 0 Å². The second-order valence-corrected chi connectivity index (χ2v) is 8.25. The van der Waals surface area contributed by atoms with Crippen LogP contribution in [0.5, 0.6) is 0 Å². The monoisotopic (exact) mass is 389 g/mol. The van der Waals surface area contributed by atoms with E-state index in [0.717, 1.165) is 32.1 Å². The van der Waals surface area contributed by atoms with Gasteiger partial charge in [-0.15, -0.1) is 0 Å². The number of nitrogens with zero attached hydrogens (tertiary/aromatic N) is 4. The number of pyridine rings is 1. The third-order valence-corrected chi connectivity index (χ3v) is 5.96. The zero-order valence-electron chi connectivity index (χ0n) is 17.3. The van der Waals surface area contributed by atoms with Gasteiger partial charge in [0.1, 0.15) is 0 Å². The van der Waals surface area contributed by atoms with Crippen molar-refractivity contribution in [3.05, 3.63) is 83.7 Å². The van der Waals surface area contributed by atoms with E-state index in [-0.39, 0.29) is 0 Å². The molecule has 1 aromatic carbocycles. The van der Waals surface area contributed by atoms with Gasteiger partial charge in [-0.1, -0.05) is 30.3 Å². The molecule has 0 aliphatic carbocycles. The Bertz CT molecular complexity index is 854. The van der Waals surface area contributed by atoms with Crippen molar-refractivity contribution in [2.24, 2.45) is 5.92 Å². The Morgan fingerprint density at radius 2 is 1.90 bits per heavy atom. The molecule has 1 saturated heterocycles. The van der Waals surface area contributed by atoms with Crippen molar-refractivity contribution in [1.82, 2.24) is 24.8 Å². The quantitative estimate of drug-likeness (QED) is 0.632. The molecule has 3 heterocycles. The molecular weight excluding hydrogens is 358 g/mol. The van der Waals surface area contributed by atoms with Crippen LogP contribution in [0.25, 0.3) is 0 Å². The van der Waals surface area contributed by atoms with Crippen LogP contribution in [-0.4, -0.2) is 44.4 Å². The minimum Gasteiger partial charge on any atom is -0.347 e. The van der Waals surface area contributed by atoms with Crippen LogP contribution < -0.4 is 0 Å². The third-order valence-electron chi connectivity index (χ3n) is 5.96. The van der Waals surface area contributed by atoms with Gasteiger partial charge in [0.05, 0.1) is 6.33 Å². The summed E-state index contributed by atoms with van der Waals surface area (Å²) >= 11 is 0. The highest BCUT2D eigenvalue weighted by molar-refractivity contribution is 5.25. The van der Waals surface area contributed by atoms with E-state index in [1.54, 1.807) is 6.33 Å². The summed E-state index contributed by atoms with van der Waals surface area (Å²) in [5, 5.41) is 0. The summed E-state index contributed by atoms with van der Waals surface area (Å²) < 4.78 is 0. The maximum absolute atomic E-state index is 4.28. The molecule has 0 amide bonds. The Morgan fingerprint density at radius 3 is 2.62 bits per heavy atom. The number of imidazole rings is 1. The van der Waals surface area contributed by atoms with Gasteiger partial charge in [0.25, 0.3) is 0 Å². The lowest BCUT2D eigenvalue weighted by Crippen LogP contribution is -2.38. The predicted octanol–water partition coefficient (Wildman–Crippen LogP) is 4.03. The largest absolute Gasteiger partial charge is 0.347 e. The van der Waals surface area contributed by atoms with Crippen LogP contribution in [0, 0.1) is 12.8 Å². The highest BCUT2D eigenvalue weighted by Gasteiger charge is 2.22.